The second-order valence-electron chi connectivity index (χ2n) is 7.02. The normalized spacial score (nSPS) is 11.7. The van der Waals surface area contributed by atoms with Crippen LogP contribution >= 0.6 is 0 Å². The number of hydrogen-bond acceptors (Lipinski definition) is 5. The van der Waals surface area contributed by atoms with Gasteiger partial charge in [-0.1, -0.05) is 12.1 Å². The lowest BCUT2D eigenvalue weighted by Gasteiger charge is -2.15. The van der Waals surface area contributed by atoms with E-state index in [-0.39, 0.29) is 12.3 Å². The number of ether oxygens (including phenoxy) is 2. The lowest BCUT2D eigenvalue weighted by molar-refractivity contribution is -0.132. The maximum absolute atomic E-state index is 12.3. The summed E-state index contributed by atoms with van der Waals surface area (Å²) in [5, 5.41) is 0.895. The Morgan fingerprint density at radius 1 is 1.03 bits per heavy atom. The molecule has 0 saturated carbocycles. The standard InChI is InChI=1S/C23H26N2O5/c1-5-28-18-7-9-19(10-8-18)30-16(4)23(27)25-24-21(26)12-17-13-29-22-15(3)14(2)6-11-20(17)22/h6-11,13,16H,5,12H2,1-4H3,(H,24,26)(H,25,27). The van der Waals surface area contributed by atoms with Crippen LogP contribution in [0.2, 0.25) is 0 Å². The summed E-state index contributed by atoms with van der Waals surface area (Å²) in [5.74, 6) is 0.451. The van der Waals surface area contributed by atoms with Gasteiger partial charge in [0.1, 0.15) is 17.1 Å². The van der Waals surface area contributed by atoms with E-state index in [0.29, 0.717) is 12.4 Å². The van der Waals surface area contributed by atoms with Gasteiger partial charge in [-0.2, -0.15) is 0 Å². The van der Waals surface area contributed by atoms with E-state index in [4.69, 9.17) is 13.9 Å². The Morgan fingerprint density at radius 2 is 1.73 bits per heavy atom. The fourth-order valence-corrected chi connectivity index (χ4v) is 3.01. The van der Waals surface area contributed by atoms with Gasteiger partial charge in [-0.3, -0.25) is 20.4 Å². The highest BCUT2D eigenvalue weighted by molar-refractivity contribution is 5.90. The second kappa shape index (κ2) is 9.35. The zero-order chi connectivity index (χ0) is 21.7. The van der Waals surface area contributed by atoms with Gasteiger partial charge in [-0.25, -0.2) is 0 Å². The van der Waals surface area contributed by atoms with Crippen molar-refractivity contribution in [2.24, 2.45) is 0 Å². The Kier molecular flexibility index (Phi) is 6.61. The third kappa shape index (κ3) is 4.92. The maximum Gasteiger partial charge on any atom is 0.279 e. The minimum atomic E-state index is -0.788. The lowest BCUT2D eigenvalue weighted by Crippen LogP contribution is -2.47. The van der Waals surface area contributed by atoms with E-state index in [1.165, 1.54) is 0 Å². The van der Waals surface area contributed by atoms with Crippen molar-refractivity contribution in [2.75, 3.05) is 6.61 Å². The zero-order valence-electron chi connectivity index (χ0n) is 17.6. The molecule has 1 atom stereocenters. The van der Waals surface area contributed by atoms with Crippen molar-refractivity contribution in [3.8, 4) is 11.5 Å². The minimum absolute atomic E-state index is 0.0872. The predicted molar refractivity (Wildman–Crippen MR) is 113 cm³/mol. The molecule has 1 heterocycles. The van der Waals surface area contributed by atoms with Crippen molar-refractivity contribution in [1.29, 1.82) is 0 Å². The van der Waals surface area contributed by atoms with Crippen LogP contribution in [0.1, 0.15) is 30.5 Å². The molecule has 3 rings (SSSR count). The Bertz CT molecular complexity index is 1040. The molecule has 30 heavy (non-hydrogen) atoms. The van der Waals surface area contributed by atoms with Crippen LogP contribution in [0.25, 0.3) is 11.0 Å². The summed E-state index contributed by atoms with van der Waals surface area (Å²) in [4.78, 5) is 24.5. The molecule has 7 heteroatoms. The molecule has 3 aromatic rings. The van der Waals surface area contributed by atoms with E-state index in [2.05, 4.69) is 10.9 Å². The van der Waals surface area contributed by atoms with Crippen LogP contribution in [0.5, 0.6) is 11.5 Å². The van der Waals surface area contributed by atoms with Crippen molar-refractivity contribution in [1.82, 2.24) is 10.9 Å². The van der Waals surface area contributed by atoms with Gasteiger partial charge in [-0.05, 0) is 63.1 Å². The number of hydrazine groups is 1. The van der Waals surface area contributed by atoms with E-state index < -0.39 is 12.0 Å². The molecule has 1 aromatic heterocycles. The zero-order valence-corrected chi connectivity index (χ0v) is 17.6. The number of hydrogen-bond donors (Lipinski definition) is 2. The van der Waals surface area contributed by atoms with E-state index in [0.717, 1.165) is 33.4 Å². The summed E-state index contributed by atoms with van der Waals surface area (Å²) in [5.41, 5.74) is 8.54. The Labute approximate surface area is 175 Å². The molecular weight excluding hydrogens is 384 g/mol. The van der Waals surface area contributed by atoms with Crippen molar-refractivity contribution in [3.63, 3.8) is 0 Å². The molecule has 0 saturated heterocycles. The second-order valence-corrected chi connectivity index (χ2v) is 7.02. The number of fused-ring (bicyclic) bond motifs is 1. The molecule has 2 N–H and O–H groups in total. The van der Waals surface area contributed by atoms with E-state index >= 15 is 0 Å². The van der Waals surface area contributed by atoms with Gasteiger partial charge >= 0.3 is 0 Å². The summed E-state index contributed by atoms with van der Waals surface area (Å²) in [6.07, 6.45) is 0.878. The molecule has 2 aromatic carbocycles. The highest BCUT2D eigenvalue weighted by atomic mass is 16.5. The number of aryl methyl sites for hydroxylation is 2. The van der Waals surface area contributed by atoms with E-state index in [1.807, 2.05) is 32.9 Å². The van der Waals surface area contributed by atoms with Crippen LogP contribution in [0.3, 0.4) is 0 Å². The van der Waals surface area contributed by atoms with E-state index in [9.17, 15) is 9.59 Å². The summed E-state index contributed by atoms with van der Waals surface area (Å²) in [7, 11) is 0. The van der Waals surface area contributed by atoms with Crippen LogP contribution in [-0.2, 0) is 16.0 Å². The quantitative estimate of drug-likeness (QED) is 0.581. The Balaban J connectivity index is 1.51. The highest BCUT2D eigenvalue weighted by Crippen LogP contribution is 2.26. The Hall–Kier alpha value is -3.48. The van der Waals surface area contributed by atoms with Crippen molar-refractivity contribution >= 4 is 22.8 Å². The number of benzene rings is 2. The number of carbonyl (C=O) groups is 2. The van der Waals surface area contributed by atoms with Gasteiger partial charge in [0, 0.05) is 10.9 Å². The lowest BCUT2D eigenvalue weighted by atomic mass is 10.0. The number of nitrogens with one attached hydrogen (secondary N) is 2. The Morgan fingerprint density at radius 3 is 2.43 bits per heavy atom. The maximum atomic E-state index is 12.3. The van der Waals surface area contributed by atoms with Gasteiger partial charge in [0.05, 0.1) is 19.3 Å². The smallest absolute Gasteiger partial charge is 0.279 e. The summed E-state index contributed by atoms with van der Waals surface area (Å²) in [6, 6.07) is 10.9. The first-order chi connectivity index (χ1) is 14.4. The third-order valence-electron chi connectivity index (χ3n) is 4.83. The van der Waals surface area contributed by atoms with Gasteiger partial charge in [0.15, 0.2) is 6.10 Å². The molecule has 0 radical (unpaired) electrons. The van der Waals surface area contributed by atoms with Gasteiger partial charge in [0.25, 0.3) is 5.91 Å². The fraction of sp³-hybridized carbons (Fsp3) is 0.304. The average molecular weight is 410 g/mol. The molecule has 0 bridgehead atoms. The summed E-state index contributed by atoms with van der Waals surface area (Å²) < 4.78 is 16.6. The number of carbonyl (C=O) groups excluding carboxylic acids is 2. The molecule has 0 spiro atoms. The van der Waals surface area contributed by atoms with E-state index in [1.54, 1.807) is 37.5 Å². The van der Waals surface area contributed by atoms with Crippen molar-refractivity contribution < 1.29 is 23.5 Å². The molecule has 0 aliphatic rings. The molecule has 7 nitrogen and oxygen atoms in total. The average Bonchev–Trinajstić information content (AvgIpc) is 3.13. The largest absolute Gasteiger partial charge is 0.494 e. The molecule has 2 amide bonds. The molecular formula is C23H26N2O5. The van der Waals surface area contributed by atoms with Gasteiger partial charge in [-0.15, -0.1) is 0 Å². The van der Waals surface area contributed by atoms with Gasteiger partial charge in [0.2, 0.25) is 5.91 Å². The molecule has 0 fully saturated rings. The number of amides is 2. The highest BCUT2D eigenvalue weighted by Gasteiger charge is 2.17. The molecule has 158 valence electrons. The van der Waals surface area contributed by atoms with Crippen molar-refractivity contribution in [3.05, 3.63) is 59.4 Å². The van der Waals surface area contributed by atoms with Crippen LogP contribution in [0.4, 0.5) is 0 Å². The van der Waals surface area contributed by atoms with Crippen molar-refractivity contribution in [2.45, 2.75) is 40.2 Å². The molecule has 0 aliphatic carbocycles. The summed E-state index contributed by atoms with van der Waals surface area (Å²) in [6.45, 7) is 8.08. The molecule has 1 unspecified atom stereocenters. The first-order valence-electron chi connectivity index (χ1n) is 9.83. The predicted octanol–water partition coefficient (Wildman–Crippen LogP) is 3.61. The SMILES string of the molecule is CCOc1ccc(OC(C)C(=O)NNC(=O)Cc2coc3c(C)c(C)ccc23)cc1. The first-order valence-corrected chi connectivity index (χ1v) is 9.83. The van der Waals surface area contributed by atoms with Crippen LogP contribution in [-0.4, -0.2) is 24.5 Å². The third-order valence-corrected chi connectivity index (χ3v) is 4.83. The van der Waals surface area contributed by atoms with Gasteiger partial charge < -0.3 is 13.9 Å². The fourth-order valence-electron chi connectivity index (χ4n) is 3.01. The van der Waals surface area contributed by atoms with Crippen LogP contribution < -0.4 is 20.3 Å². The molecule has 0 aliphatic heterocycles. The first kappa shape index (κ1) is 21.2. The van der Waals surface area contributed by atoms with Crippen LogP contribution in [0, 0.1) is 13.8 Å². The monoisotopic (exact) mass is 410 g/mol. The summed E-state index contributed by atoms with van der Waals surface area (Å²) >= 11 is 0. The van der Waals surface area contributed by atoms with Crippen LogP contribution in [0.15, 0.2) is 47.1 Å². The minimum Gasteiger partial charge on any atom is -0.494 e. The number of rotatable bonds is 7. The number of furan rings is 1. The topological polar surface area (TPSA) is 89.8 Å².